The second kappa shape index (κ2) is 11.9. The van der Waals surface area contributed by atoms with Crippen LogP contribution >= 0.6 is 0 Å². The number of fused-ring (bicyclic) bond motifs is 1. The maximum Gasteiger partial charge on any atom is 0.290 e. The van der Waals surface area contributed by atoms with E-state index in [2.05, 4.69) is 64.3 Å². The Labute approximate surface area is 237 Å². The molecule has 0 bridgehead atoms. The van der Waals surface area contributed by atoms with E-state index in [1.165, 1.54) is 12.1 Å². The van der Waals surface area contributed by atoms with Crippen molar-refractivity contribution in [2.45, 2.75) is 20.3 Å². The number of rotatable bonds is 7. The Morgan fingerprint density at radius 2 is 1.98 bits per heavy atom. The molecule has 41 heavy (non-hydrogen) atoms. The Balaban J connectivity index is 1.46. The number of amides is 1. The Hall–Kier alpha value is -4.57. The van der Waals surface area contributed by atoms with Crippen LogP contribution in [0.1, 0.15) is 30.8 Å². The summed E-state index contributed by atoms with van der Waals surface area (Å²) in [5, 5.41) is 10.2. The van der Waals surface area contributed by atoms with Crippen molar-refractivity contribution < 1.29 is 9.18 Å². The summed E-state index contributed by atoms with van der Waals surface area (Å²) in [6.45, 7) is 6.87. The van der Waals surface area contributed by atoms with Gasteiger partial charge in [-0.2, -0.15) is 5.10 Å². The molecule has 5 rings (SSSR count). The molecular weight excluding hydrogens is 521 g/mol. The number of aromatic nitrogens is 3. The number of allylic oxidation sites excluding steroid dienone is 1. The predicted octanol–water partition coefficient (Wildman–Crippen LogP) is 5.19. The number of anilines is 1. The van der Waals surface area contributed by atoms with E-state index in [0.29, 0.717) is 17.0 Å². The SMILES string of the molecule is CCC(C)C(/C=C1\CN(C)CCN1C)=Nc1cc(-c2ccc(F)c(NC(=O)c3cc4ccccc4[nH]3)c2)n[nH]c1=O. The Morgan fingerprint density at radius 1 is 1.17 bits per heavy atom. The van der Waals surface area contributed by atoms with Gasteiger partial charge in [-0.25, -0.2) is 14.5 Å². The number of carbonyl (C=O) groups is 1. The number of halogens is 1. The van der Waals surface area contributed by atoms with E-state index < -0.39 is 17.3 Å². The van der Waals surface area contributed by atoms with Crippen molar-refractivity contribution in [2.24, 2.45) is 10.9 Å². The van der Waals surface area contributed by atoms with Crippen molar-refractivity contribution >= 4 is 33.9 Å². The average molecular weight is 556 g/mol. The molecule has 1 amide bonds. The number of hydrogen-bond donors (Lipinski definition) is 3. The third-order valence-corrected chi connectivity index (χ3v) is 7.49. The van der Waals surface area contributed by atoms with Gasteiger partial charge in [0.1, 0.15) is 17.2 Å². The summed E-state index contributed by atoms with van der Waals surface area (Å²) in [7, 11) is 4.15. The molecule has 0 aliphatic carbocycles. The van der Waals surface area contributed by atoms with E-state index in [0.717, 1.165) is 48.4 Å². The van der Waals surface area contributed by atoms with Crippen molar-refractivity contribution in [2.75, 3.05) is 39.0 Å². The molecule has 9 nitrogen and oxygen atoms in total. The average Bonchev–Trinajstić information content (AvgIpc) is 3.41. The first-order chi connectivity index (χ1) is 19.7. The van der Waals surface area contributed by atoms with Crippen molar-refractivity contribution in [1.82, 2.24) is 25.0 Å². The number of H-pyrrole nitrogens is 2. The number of para-hydroxylation sites is 1. The van der Waals surface area contributed by atoms with E-state index in [9.17, 15) is 14.0 Å². The minimum Gasteiger partial charge on any atom is -0.375 e. The summed E-state index contributed by atoms with van der Waals surface area (Å²) in [6.07, 6.45) is 2.92. The number of piperazine rings is 1. The van der Waals surface area contributed by atoms with Gasteiger partial charge in [-0.3, -0.25) is 14.5 Å². The minimum absolute atomic E-state index is 0.00121. The molecule has 0 spiro atoms. The van der Waals surface area contributed by atoms with Crippen LogP contribution in [0.3, 0.4) is 0 Å². The summed E-state index contributed by atoms with van der Waals surface area (Å²) >= 11 is 0. The second-order valence-corrected chi connectivity index (χ2v) is 10.5. The predicted molar refractivity (Wildman–Crippen MR) is 161 cm³/mol. The first-order valence-electron chi connectivity index (χ1n) is 13.7. The highest BCUT2D eigenvalue weighted by Crippen LogP contribution is 2.26. The molecule has 3 N–H and O–H groups in total. The van der Waals surface area contributed by atoms with Gasteiger partial charge in [0.25, 0.3) is 11.5 Å². The summed E-state index contributed by atoms with van der Waals surface area (Å²) in [5.41, 5.74) is 3.77. The van der Waals surface area contributed by atoms with Crippen LogP contribution in [-0.4, -0.2) is 70.3 Å². The van der Waals surface area contributed by atoms with Gasteiger partial charge in [-0.05, 0) is 61.9 Å². The molecule has 1 saturated heterocycles. The van der Waals surface area contributed by atoms with Gasteiger partial charge in [-0.1, -0.05) is 32.0 Å². The summed E-state index contributed by atoms with van der Waals surface area (Å²) < 4.78 is 14.8. The zero-order valence-corrected chi connectivity index (χ0v) is 23.7. The molecule has 2 aromatic carbocycles. The van der Waals surface area contributed by atoms with Crippen LogP contribution in [0.2, 0.25) is 0 Å². The van der Waals surface area contributed by atoms with Crippen molar-refractivity contribution in [3.05, 3.63) is 88.2 Å². The van der Waals surface area contributed by atoms with Crippen molar-refractivity contribution in [3.8, 4) is 11.3 Å². The van der Waals surface area contributed by atoms with Crippen LogP contribution in [-0.2, 0) is 0 Å². The van der Waals surface area contributed by atoms with E-state index in [4.69, 9.17) is 4.99 Å². The molecule has 4 aromatic rings. The molecular formula is C31H34FN7O2. The molecule has 2 aromatic heterocycles. The fraction of sp³-hybridized carbons (Fsp3) is 0.290. The van der Waals surface area contributed by atoms with Crippen molar-refractivity contribution in [1.29, 1.82) is 0 Å². The Bertz CT molecular complexity index is 1670. The zero-order valence-electron chi connectivity index (χ0n) is 23.7. The largest absolute Gasteiger partial charge is 0.375 e. The molecule has 0 radical (unpaired) electrons. The molecule has 1 unspecified atom stereocenters. The first-order valence-corrected chi connectivity index (χ1v) is 13.7. The third-order valence-electron chi connectivity index (χ3n) is 7.49. The van der Waals surface area contributed by atoms with Gasteiger partial charge in [-0.15, -0.1) is 0 Å². The summed E-state index contributed by atoms with van der Waals surface area (Å²) in [5.74, 6) is -0.939. The molecule has 1 fully saturated rings. The van der Waals surface area contributed by atoms with Gasteiger partial charge in [0.2, 0.25) is 0 Å². The number of aliphatic imine (C=N–C) groups is 1. The van der Waals surface area contributed by atoms with E-state index in [-0.39, 0.29) is 17.3 Å². The molecule has 212 valence electrons. The van der Waals surface area contributed by atoms with Gasteiger partial charge in [0.15, 0.2) is 0 Å². The minimum atomic E-state index is -0.590. The summed E-state index contributed by atoms with van der Waals surface area (Å²) in [4.78, 5) is 38.0. The Kier molecular flexibility index (Phi) is 8.11. The number of likely N-dealkylation sites (N-methyl/N-ethyl adjacent to an activating group) is 2. The third kappa shape index (κ3) is 6.28. The van der Waals surface area contributed by atoms with Gasteiger partial charge in [0.05, 0.1) is 11.4 Å². The lowest BCUT2D eigenvalue weighted by molar-refractivity contribution is 0.102. The van der Waals surface area contributed by atoms with Gasteiger partial charge in [0, 0.05) is 54.6 Å². The van der Waals surface area contributed by atoms with Crippen molar-refractivity contribution in [3.63, 3.8) is 0 Å². The number of benzene rings is 2. The first kappa shape index (κ1) is 28.0. The van der Waals surface area contributed by atoms with E-state index >= 15 is 0 Å². The van der Waals surface area contributed by atoms with Crippen LogP contribution in [0.15, 0.2) is 76.2 Å². The standard InChI is InChI=1S/C31H34FN7O2/c1-5-19(2)25(16-22-18-38(3)12-13-39(22)4)34-29-17-26(36-37-31(29)41)21-10-11-23(32)27(14-21)35-30(40)28-15-20-8-6-7-9-24(20)33-28/h6-11,14-17,19,33H,5,12-13,18H2,1-4H3,(H,35,40)(H,37,41)/b22-16+,34-25?. The molecule has 1 aliphatic heterocycles. The van der Waals surface area contributed by atoms with Crippen LogP contribution in [0.25, 0.3) is 22.2 Å². The fourth-order valence-electron chi connectivity index (χ4n) is 4.69. The summed E-state index contributed by atoms with van der Waals surface area (Å²) in [6, 6.07) is 15.1. The zero-order chi connectivity index (χ0) is 29.1. The lowest BCUT2D eigenvalue weighted by Gasteiger charge is -2.34. The molecule has 1 atom stereocenters. The number of carbonyl (C=O) groups excluding carboxylic acids is 1. The number of hydrogen-bond acceptors (Lipinski definition) is 6. The smallest absolute Gasteiger partial charge is 0.290 e. The molecule has 10 heteroatoms. The number of nitrogens with zero attached hydrogens (tertiary/aromatic N) is 4. The van der Waals surface area contributed by atoms with Crippen LogP contribution < -0.4 is 10.9 Å². The van der Waals surface area contributed by atoms with Crippen LogP contribution in [0.4, 0.5) is 15.8 Å². The fourth-order valence-corrected chi connectivity index (χ4v) is 4.69. The maximum absolute atomic E-state index is 14.8. The highest BCUT2D eigenvalue weighted by molar-refractivity contribution is 6.06. The van der Waals surface area contributed by atoms with E-state index in [1.807, 2.05) is 24.3 Å². The monoisotopic (exact) mass is 555 g/mol. The maximum atomic E-state index is 14.8. The van der Waals surface area contributed by atoms with Crippen LogP contribution in [0.5, 0.6) is 0 Å². The number of nitrogens with one attached hydrogen (secondary N) is 3. The quantitative estimate of drug-likeness (QED) is 0.272. The van der Waals surface area contributed by atoms with E-state index in [1.54, 1.807) is 18.2 Å². The normalized spacial score (nSPS) is 16.4. The molecule has 1 aliphatic rings. The topological polar surface area (TPSA) is 109 Å². The second-order valence-electron chi connectivity index (χ2n) is 10.5. The molecule has 3 heterocycles. The lowest BCUT2D eigenvalue weighted by atomic mass is 10.0. The van der Waals surface area contributed by atoms with Crippen LogP contribution in [0, 0.1) is 11.7 Å². The van der Waals surface area contributed by atoms with Gasteiger partial charge >= 0.3 is 0 Å². The highest BCUT2D eigenvalue weighted by atomic mass is 19.1. The Morgan fingerprint density at radius 3 is 2.76 bits per heavy atom. The lowest BCUT2D eigenvalue weighted by Crippen LogP contribution is -2.41. The number of aromatic amines is 2. The van der Waals surface area contributed by atoms with Gasteiger partial charge < -0.3 is 15.2 Å². The highest BCUT2D eigenvalue weighted by Gasteiger charge is 2.18. The molecule has 0 saturated carbocycles.